The molecule has 1 heterocycles. The van der Waals surface area contributed by atoms with E-state index in [-0.39, 0.29) is 17.0 Å². The Balaban J connectivity index is 2.15. The van der Waals surface area contributed by atoms with Crippen LogP contribution in [0.1, 0.15) is 32.2 Å². The molecule has 0 amide bonds. The van der Waals surface area contributed by atoms with Crippen molar-refractivity contribution >= 4 is 0 Å². The minimum atomic E-state index is -0.707. The molecule has 2 rings (SSSR count). The second-order valence-corrected chi connectivity index (χ2v) is 5.98. The molecule has 0 saturated heterocycles. The molecular weight excluding hydrogens is 276 g/mol. The summed E-state index contributed by atoms with van der Waals surface area (Å²) in [6, 6.07) is 2.57. The predicted molar refractivity (Wildman–Crippen MR) is 75.8 cm³/mol. The van der Waals surface area contributed by atoms with Crippen molar-refractivity contribution < 1.29 is 13.2 Å². The molecular formula is C15H19F2N3O. The topological polar surface area (TPSA) is 51.0 Å². The Morgan fingerprint density at radius 2 is 1.90 bits per heavy atom. The molecule has 0 aliphatic heterocycles. The quantitative estimate of drug-likeness (QED) is 0.940. The van der Waals surface area contributed by atoms with Gasteiger partial charge < -0.3 is 9.73 Å². The molecule has 0 spiro atoms. The average molecular weight is 295 g/mol. The van der Waals surface area contributed by atoms with Crippen molar-refractivity contribution in [2.75, 3.05) is 6.54 Å². The molecule has 21 heavy (non-hydrogen) atoms. The Morgan fingerprint density at radius 3 is 2.57 bits per heavy atom. The highest BCUT2D eigenvalue weighted by molar-refractivity contribution is 5.56. The number of hydrogen-bond acceptors (Lipinski definition) is 4. The van der Waals surface area contributed by atoms with E-state index in [1.54, 1.807) is 6.92 Å². The van der Waals surface area contributed by atoms with Crippen molar-refractivity contribution in [2.24, 2.45) is 0 Å². The fraction of sp³-hybridized carbons (Fsp3) is 0.467. The highest BCUT2D eigenvalue weighted by atomic mass is 19.1. The molecule has 0 unspecified atom stereocenters. The first-order chi connectivity index (χ1) is 9.78. The fourth-order valence-electron chi connectivity index (χ4n) is 1.85. The van der Waals surface area contributed by atoms with Crippen molar-refractivity contribution in [2.45, 2.75) is 39.7 Å². The zero-order valence-corrected chi connectivity index (χ0v) is 12.6. The summed E-state index contributed by atoms with van der Waals surface area (Å²) in [6.07, 6.45) is 0.499. The van der Waals surface area contributed by atoms with Crippen LogP contribution in [-0.2, 0) is 6.42 Å². The van der Waals surface area contributed by atoms with Gasteiger partial charge in [-0.15, -0.1) is 10.2 Å². The van der Waals surface area contributed by atoms with E-state index in [9.17, 15) is 8.78 Å². The maximum Gasteiger partial charge on any atom is 0.253 e. The third-order valence-electron chi connectivity index (χ3n) is 2.96. The summed E-state index contributed by atoms with van der Waals surface area (Å²) in [5.74, 6) is -1.15. The van der Waals surface area contributed by atoms with Crippen molar-refractivity contribution in [3.05, 3.63) is 35.2 Å². The average Bonchev–Trinajstić information content (AvgIpc) is 2.81. The summed E-state index contributed by atoms with van der Waals surface area (Å²) in [6.45, 7) is 8.34. The molecule has 0 saturated carbocycles. The Hall–Kier alpha value is -1.82. The van der Waals surface area contributed by atoms with E-state index in [4.69, 9.17) is 4.42 Å². The van der Waals surface area contributed by atoms with Crippen LogP contribution < -0.4 is 5.32 Å². The summed E-state index contributed by atoms with van der Waals surface area (Å²) >= 11 is 0. The largest absolute Gasteiger partial charge is 0.420 e. The maximum absolute atomic E-state index is 14.0. The van der Waals surface area contributed by atoms with Crippen molar-refractivity contribution in [3.63, 3.8) is 0 Å². The third kappa shape index (κ3) is 3.85. The van der Waals surface area contributed by atoms with Gasteiger partial charge >= 0.3 is 0 Å². The molecule has 4 nitrogen and oxygen atoms in total. The fourth-order valence-corrected chi connectivity index (χ4v) is 1.85. The standard InChI is InChI=1S/C15H19F2N3O/c1-9-5-6-10(16)12(13(9)17)14-20-19-11(21-14)7-8-18-15(2,3)4/h5-6,18H,7-8H2,1-4H3. The lowest BCUT2D eigenvalue weighted by Crippen LogP contribution is -2.37. The summed E-state index contributed by atoms with van der Waals surface area (Å²) in [5.41, 5.74) is 0.0514. The monoisotopic (exact) mass is 295 g/mol. The van der Waals surface area contributed by atoms with Crippen LogP contribution in [0.4, 0.5) is 8.78 Å². The van der Waals surface area contributed by atoms with Crippen LogP contribution in [0.25, 0.3) is 11.5 Å². The Bertz CT molecular complexity index is 632. The van der Waals surface area contributed by atoms with Crippen molar-refractivity contribution in [3.8, 4) is 11.5 Å². The number of nitrogens with one attached hydrogen (secondary N) is 1. The Kier molecular flexibility index (Phi) is 4.37. The minimum absolute atomic E-state index is 0.0163. The van der Waals surface area contributed by atoms with Crippen LogP contribution >= 0.6 is 0 Å². The molecule has 0 radical (unpaired) electrons. The van der Waals surface area contributed by atoms with Crippen LogP contribution in [0.3, 0.4) is 0 Å². The van der Waals surface area contributed by atoms with Gasteiger partial charge in [0.05, 0.1) is 0 Å². The highest BCUT2D eigenvalue weighted by Gasteiger charge is 2.19. The Labute approximate surface area is 122 Å². The normalized spacial score (nSPS) is 11.9. The zero-order chi connectivity index (χ0) is 15.6. The molecule has 0 aliphatic rings. The van der Waals surface area contributed by atoms with Gasteiger partial charge in [0.1, 0.15) is 17.2 Å². The molecule has 0 fully saturated rings. The second kappa shape index (κ2) is 5.89. The maximum atomic E-state index is 14.0. The lowest BCUT2D eigenvalue weighted by Gasteiger charge is -2.19. The van der Waals surface area contributed by atoms with E-state index in [1.807, 2.05) is 20.8 Å². The first kappa shape index (κ1) is 15.6. The number of halogens is 2. The van der Waals surface area contributed by atoms with Gasteiger partial charge in [-0.25, -0.2) is 8.78 Å². The van der Waals surface area contributed by atoms with E-state index in [2.05, 4.69) is 15.5 Å². The lowest BCUT2D eigenvalue weighted by atomic mass is 10.1. The minimum Gasteiger partial charge on any atom is -0.420 e. The van der Waals surface area contributed by atoms with Gasteiger partial charge in [-0.05, 0) is 39.3 Å². The summed E-state index contributed by atoms with van der Waals surface area (Å²) < 4.78 is 33.1. The molecule has 6 heteroatoms. The number of aryl methyl sites for hydroxylation is 1. The molecule has 0 bridgehead atoms. The predicted octanol–water partition coefficient (Wildman–Crippen LogP) is 3.25. The van der Waals surface area contributed by atoms with E-state index in [0.717, 1.165) is 0 Å². The smallest absolute Gasteiger partial charge is 0.253 e. The third-order valence-corrected chi connectivity index (χ3v) is 2.96. The number of hydrogen-bond donors (Lipinski definition) is 1. The van der Waals surface area contributed by atoms with Crippen LogP contribution in [0.2, 0.25) is 0 Å². The first-order valence-corrected chi connectivity index (χ1v) is 6.80. The first-order valence-electron chi connectivity index (χ1n) is 6.80. The van der Waals surface area contributed by atoms with Gasteiger partial charge in [0.15, 0.2) is 0 Å². The van der Waals surface area contributed by atoms with Crippen molar-refractivity contribution in [1.82, 2.24) is 15.5 Å². The molecule has 1 aromatic heterocycles. The summed E-state index contributed by atoms with van der Waals surface area (Å²) in [4.78, 5) is 0. The van der Waals surface area contributed by atoms with E-state index >= 15 is 0 Å². The van der Waals surface area contributed by atoms with E-state index in [1.165, 1.54) is 12.1 Å². The Morgan fingerprint density at radius 1 is 1.19 bits per heavy atom. The second-order valence-electron chi connectivity index (χ2n) is 5.98. The van der Waals surface area contributed by atoms with Gasteiger partial charge in [0.25, 0.3) is 5.89 Å². The zero-order valence-electron chi connectivity index (χ0n) is 12.6. The van der Waals surface area contributed by atoms with Crippen LogP contribution in [0.5, 0.6) is 0 Å². The van der Waals surface area contributed by atoms with Gasteiger partial charge in [0.2, 0.25) is 5.89 Å². The van der Waals surface area contributed by atoms with Crippen LogP contribution in [0.15, 0.2) is 16.5 Å². The number of rotatable bonds is 4. The number of benzene rings is 1. The summed E-state index contributed by atoms with van der Waals surface area (Å²) in [7, 11) is 0. The molecule has 114 valence electrons. The van der Waals surface area contributed by atoms with Crippen LogP contribution in [0, 0.1) is 18.6 Å². The van der Waals surface area contributed by atoms with Crippen LogP contribution in [-0.4, -0.2) is 22.3 Å². The van der Waals surface area contributed by atoms with Gasteiger partial charge in [-0.2, -0.15) is 0 Å². The summed E-state index contributed by atoms with van der Waals surface area (Å²) in [5, 5.41) is 10.8. The highest BCUT2D eigenvalue weighted by Crippen LogP contribution is 2.26. The SMILES string of the molecule is Cc1ccc(F)c(-c2nnc(CCNC(C)(C)C)o2)c1F. The molecule has 0 aliphatic carbocycles. The molecule has 2 aromatic rings. The number of nitrogens with zero attached hydrogens (tertiary/aromatic N) is 2. The van der Waals surface area contributed by atoms with E-state index < -0.39 is 11.6 Å². The van der Waals surface area contributed by atoms with Crippen molar-refractivity contribution in [1.29, 1.82) is 0 Å². The van der Waals surface area contributed by atoms with Gasteiger partial charge in [0, 0.05) is 18.5 Å². The number of aromatic nitrogens is 2. The lowest BCUT2D eigenvalue weighted by molar-refractivity contribution is 0.411. The van der Waals surface area contributed by atoms with Gasteiger partial charge in [-0.3, -0.25) is 0 Å². The van der Waals surface area contributed by atoms with Gasteiger partial charge in [-0.1, -0.05) is 6.07 Å². The molecule has 0 atom stereocenters. The van der Waals surface area contributed by atoms with E-state index in [0.29, 0.717) is 24.4 Å². The molecule has 1 N–H and O–H groups in total. The molecule has 1 aromatic carbocycles.